The van der Waals surface area contributed by atoms with Crippen LogP contribution < -0.4 is 11.1 Å². The van der Waals surface area contributed by atoms with Gasteiger partial charge < -0.3 is 16.2 Å². The van der Waals surface area contributed by atoms with Gasteiger partial charge in [-0.25, -0.2) is 9.18 Å². The van der Waals surface area contributed by atoms with Gasteiger partial charge in [0, 0.05) is 6.54 Å². The van der Waals surface area contributed by atoms with Crippen LogP contribution in [0.25, 0.3) is 0 Å². The van der Waals surface area contributed by atoms with Gasteiger partial charge in [-0.15, -0.1) is 0 Å². The maximum Gasteiger partial charge on any atom is 0.338 e. The third kappa shape index (κ3) is 3.62. The molecule has 1 saturated carbocycles. The van der Waals surface area contributed by atoms with Crippen LogP contribution in [0.5, 0.6) is 0 Å². The normalized spacial score (nSPS) is 15.4. The Morgan fingerprint density at radius 3 is 2.75 bits per heavy atom. The van der Waals surface area contributed by atoms with Crippen LogP contribution in [-0.4, -0.2) is 17.6 Å². The predicted molar refractivity (Wildman–Crippen MR) is 77.5 cm³/mol. The monoisotopic (exact) mass is 280 g/mol. The summed E-state index contributed by atoms with van der Waals surface area (Å²) in [7, 11) is 0. The van der Waals surface area contributed by atoms with Gasteiger partial charge in [0.1, 0.15) is 5.82 Å². The van der Waals surface area contributed by atoms with Gasteiger partial charge in [-0.3, -0.25) is 0 Å². The van der Waals surface area contributed by atoms with Crippen LogP contribution >= 0.6 is 0 Å². The second-order valence-corrected chi connectivity index (χ2v) is 5.44. The summed E-state index contributed by atoms with van der Waals surface area (Å²) in [6.45, 7) is 0.729. The van der Waals surface area contributed by atoms with Crippen LogP contribution in [0, 0.1) is 11.7 Å². The number of benzene rings is 1. The highest BCUT2D eigenvalue weighted by Gasteiger charge is 2.15. The summed E-state index contributed by atoms with van der Waals surface area (Å²) < 4.78 is 13.6. The maximum absolute atomic E-state index is 13.6. The molecular weight excluding hydrogens is 259 g/mol. The molecule has 1 aromatic carbocycles. The molecule has 1 aromatic rings. The van der Waals surface area contributed by atoms with Gasteiger partial charge in [0.25, 0.3) is 0 Å². The van der Waals surface area contributed by atoms with Crippen LogP contribution in [-0.2, 0) is 0 Å². The predicted octanol–water partition coefficient (Wildman–Crippen LogP) is 3.49. The van der Waals surface area contributed by atoms with E-state index in [1.807, 2.05) is 0 Å². The van der Waals surface area contributed by atoms with E-state index < -0.39 is 11.8 Å². The number of rotatable bonds is 6. The summed E-state index contributed by atoms with van der Waals surface area (Å²) in [6.07, 6.45) is 7.53. The summed E-state index contributed by atoms with van der Waals surface area (Å²) in [5.41, 5.74) is 6.09. The molecule has 1 aliphatic carbocycles. The van der Waals surface area contributed by atoms with Gasteiger partial charge >= 0.3 is 5.97 Å². The second kappa shape index (κ2) is 6.59. The van der Waals surface area contributed by atoms with Gasteiger partial charge in [-0.2, -0.15) is 0 Å². The highest BCUT2D eigenvalue weighted by molar-refractivity contribution is 5.90. The smallest absolute Gasteiger partial charge is 0.338 e. The van der Waals surface area contributed by atoms with Crippen LogP contribution in [0.15, 0.2) is 12.1 Å². The number of nitrogens with one attached hydrogen (secondary N) is 1. The first kappa shape index (κ1) is 14.6. The first-order chi connectivity index (χ1) is 9.58. The zero-order valence-electron chi connectivity index (χ0n) is 11.5. The van der Waals surface area contributed by atoms with E-state index in [1.165, 1.54) is 32.1 Å². The largest absolute Gasteiger partial charge is 0.478 e. The fourth-order valence-corrected chi connectivity index (χ4v) is 2.82. The first-order valence-corrected chi connectivity index (χ1v) is 7.14. The Kier molecular flexibility index (Phi) is 4.82. The summed E-state index contributed by atoms with van der Waals surface area (Å²) in [4.78, 5) is 10.8. The Hall–Kier alpha value is -1.78. The van der Waals surface area contributed by atoms with Crippen molar-refractivity contribution in [1.82, 2.24) is 0 Å². The Morgan fingerprint density at radius 1 is 1.40 bits per heavy atom. The molecule has 0 atom stereocenters. The van der Waals surface area contributed by atoms with E-state index in [0.717, 1.165) is 31.0 Å². The average Bonchev–Trinajstić information content (AvgIpc) is 2.90. The molecule has 0 amide bonds. The van der Waals surface area contributed by atoms with Crippen molar-refractivity contribution in [2.75, 3.05) is 17.6 Å². The SMILES string of the molecule is Nc1cc(C(=O)O)c(F)cc1NCCCC1CCCC1. The quantitative estimate of drug-likeness (QED) is 0.551. The van der Waals surface area contributed by atoms with E-state index in [9.17, 15) is 9.18 Å². The summed E-state index contributed by atoms with van der Waals surface area (Å²) in [5.74, 6) is -1.23. The Morgan fingerprint density at radius 2 is 2.10 bits per heavy atom. The Bertz CT molecular complexity index is 485. The van der Waals surface area contributed by atoms with Crippen LogP contribution in [0.3, 0.4) is 0 Å². The zero-order chi connectivity index (χ0) is 14.5. The third-order valence-corrected chi connectivity index (χ3v) is 3.95. The van der Waals surface area contributed by atoms with Crippen LogP contribution in [0.4, 0.5) is 15.8 Å². The molecular formula is C15H21FN2O2. The van der Waals surface area contributed by atoms with Crippen molar-refractivity contribution in [1.29, 1.82) is 0 Å². The standard InChI is InChI=1S/C15H21FN2O2/c16-12-9-14(13(17)8-11(12)15(19)20)18-7-3-6-10-4-1-2-5-10/h8-10,18H,1-7,17H2,(H,19,20). The molecule has 0 radical (unpaired) electrons. The lowest BCUT2D eigenvalue weighted by Gasteiger charge is -2.12. The summed E-state index contributed by atoms with van der Waals surface area (Å²) >= 11 is 0. The van der Waals surface area contributed by atoms with E-state index in [-0.39, 0.29) is 11.3 Å². The molecule has 4 N–H and O–H groups in total. The van der Waals surface area contributed by atoms with Crippen molar-refractivity contribution >= 4 is 17.3 Å². The molecule has 110 valence electrons. The molecule has 0 saturated heterocycles. The third-order valence-electron chi connectivity index (χ3n) is 3.95. The highest BCUT2D eigenvalue weighted by Crippen LogP contribution is 2.29. The van der Waals surface area contributed by atoms with Crippen LogP contribution in [0.2, 0.25) is 0 Å². The second-order valence-electron chi connectivity index (χ2n) is 5.44. The molecule has 0 heterocycles. The fraction of sp³-hybridized carbons (Fsp3) is 0.533. The number of nitrogen functional groups attached to an aromatic ring is 1. The lowest BCUT2D eigenvalue weighted by atomic mass is 10.0. The Balaban J connectivity index is 1.86. The molecule has 1 fully saturated rings. The summed E-state index contributed by atoms with van der Waals surface area (Å²) in [6, 6.07) is 2.32. The minimum absolute atomic E-state index is 0.268. The lowest BCUT2D eigenvalue weighted by Crippen LogP contribution is -2.09. The topological polar surface area (TPSA) is 75.4 Å². The average molecular weight is 280 g/mol. The number of anilines is 2. The van der Waals surface area contributed by atoms with Gasteiger partial charge in [0.2, 0.25) is 0 Å². The molecule has 0 spiro atoms. The van der Waals surface area contributed by atoms with Gasteiger partial charge in [-0.05, 0) is 30.9 Å². The van der Waals surface area contributed by atoms with Crippen molar-refractivity contribution in [2.24, 2.45) is 5.92 Å². The molecule has 0 unspecified atom stereocenters. The molecule has 5 heteroatoms. The number of halogens is 1. The molecule has 20 heavy (non-hydrogen) atoms. The van der Waals surface area contributed by atoms with Crippen LogP contribution in [0.1, 0.15) is 48.9 Å². The number of carboxylic acid groups (broad SMARTS) is 1. The van der Waals surface area contributed by atoms with Crippen molar-refractivity contribution in [3.8, 4) is 0 Å². The minimum Gasteiger partial charge on any atom is -0.478 e. The van der Waals surface area contributed by atoms with E-state index >= 15 is 0 Å². The Labute approximate surface area is 118 Å². The number of carbonyl (C=O) groups is 1. The number of carboxylic acids is 1. The lowest BCUT2D eigenvalue weighted by molar-refractivity contribution is 0.0692. The molecule has 0 bridgehead atoms. The molecule has 2 rings (SSSR count). The molecule has 4 nitrogen and oxygen atoms in total. The van der Waals surface area contributed by atoms with Gasteiger partial charge in [0.15, 0.2) is 0 Å². The first-order valence-electron chi connectivity index (χ1n) is 7.14. The maximum atomic E-state index is 13.6. The number of hydrogen-bond donors (Lipinski definition) is 3. The number of aromatic carboxylic acids is 1. The molecule has 0 aromatic heterocycles. The van der Waals surface area contributed by atoms with Gasteiger partial charge in [0.05, 0.1) is 16.9 Å². The van der Waals surface area contributed by atoms with Gasteiger partial charge in [-0.1, -0.05) is 25.7 Å². The zero-order valence-corrected chi connectivity index (χ0v) is 11.5. The fourth-order valence-electron chi connectivity index (χ4n) is 2.82. The highest BCUT2D eigenvalue weighted by atomic mass is 19.1. The van der Waals surface area contributed by atoms with Crippen molar-refractivity contribution in [3.05, 3.63) is 23.5 Å². The van der Waals surface area contributed by atoms with Crippen molar-refractivity contribution < 1.29 is 14.3 Å². The molecule has 1 aliphatic rings. The summed E-state index contributed by atoms with van der Waals surface area (Å²) in [5, 5.41) is 11.9. The minimum atomic E-state index is -1.30. The van der Waals surface area contributed by atoms with E-state index in [1.54, 1.807) is 0 Å². The van der Waals surface area contributed by atoms with E-state index in [4.69, 9.17) is 10.8 Å². The van der Waals surface area contributed by atoms with Crippen molar-refractivity contribution in [3.63, 3.8) is 0 Å². The number of hydrogen-bond acceptors (Lipinski definition) is 3. The van der Waals surface area contributed by atoms with E-state index in [2.05, 4.69) is 5.32 Å². The van der Waals surface area contributed by atoms with Crippen molar-refractivity contribution in [2.45, 2.75) is 38.5 Å². The number of nitrogens with two attached hydrogens (primary N) is 1. The van der Waals surface area contributed by atoms with E-state index in [0.29, 0.717) is 5.69 Å². The molecule has 0 aliphatic heterocycles.